The molecular formula is C12H13Cl4N3OS. The first-order valence-corrected chi connectivity index (χ1v) is 7.86. The van der Waals surface area contributed by atoms with Gasteiger partial charge in [-0.05, 0) is 31.3 Å². The van der Waals surface area contributed by atoms with Crippen molar-refractivity contribution in [2.45, 2.75) is 16.9 Å². The molecule has 0 saturated heterocycles. The minimum Gasteiger partial charge on any atom is -0.339 e. The van der Waals surface area contributed by atoms with Crippen molar-refractivity contribution in [3.8, 4) is 0 Å². The van der Waals surface area contributed by atoms with Gasteiger partial charge in [-0.15, -0.1) is 11.6 Å². The van der Waals surface area contributed by atoms with E-state index in [4.69, 9.17) is 58.6 Å². The highest BCUT2D eigenvalue weighted by Crippen LogP contribution is 2.29. The zero-order valence-electron chi connectivity index (χ0n) is 10.9. The molecule has 3 N–H and O–H groups in total. The van der Waals surface area contributed by atoms with Crippen molar-refractivity contribution >= 4 is 75.3 Å². The summed E-state index contributed by atoms with van der Waals surface area (Å²) in [5.74, 6) is -0.740. The molecule has 0 saturated carbocycles. The number of halogens is 4. The monoisotopic (exact) mass is 387 g/mol. The van der Waals surface area contributed by atoms with Crippen molar-refractivity contribution in [1.82, 2.24) is 10.6 Å². The van der Waals surface area contributed by atoms with Crippen LogP contribution in [-0.2, 0) is 4.79 Å². The molecule has 0 aliphatic heterocycles. The fourth-order valence-corrected chi connectivity index (χ4v) is 1.97. The summed E-state index contributed by atoms with van der Waals surface area (Å²) in [4.78, 5) is 11.3. The van der Waals surface area contributed by atoms with Crippen LogP contribution in [0, 0.1) is 6.92 Å². The van der Waals surface area contributed by atoms with Crippen molar-refractivity contribution in [3.05, 3.63) is 29.8 Å². The largest absolute Gasteiger partial charge is 0.339 e. The normalized spacial score (nSPS) is 12.4. The lowest BCUT2D eigenvalue weighted by Gasteiger charge is -2.27. The highest BCUT2D eigenvalue weighted by molar-refractivity contribution is 7.80. The first kappa shape index (κ1) is 18.6. The average molecular weight is 389 g/mol. The average Bonchev–Trinajstić information content (AvgIpc) is 2.39. The van der Waals surface area contributed by atoms with Crippen LogP contribution in [-0.4, -0.2) is 26.9 Å². The molecule has 0 spiro atoms. The number of thiocarbonyl (C=S) groups is 1. The van der Waals surface area contributed by atoms with Gasteiger partial charge in [0.1, 0.15) is 12.0 Å². The Morgan fingerprint density at radius 2 is 1.81 bits per heavy atom. The highest BCUT2D eigenvalue weighted by Gasteiger charge is 2.34. The van der Waals surface area contributed by atoms with Gasteiger partial charge in [0.15, 0.2) is 5.11 Å². The molecule has 0 fully saturated rings. The Kier molecular flexibility index (Phi) is 7.30. The molecule has 1 rings (SSSR count). The number of rotatable bonds is 4. The number of nitrogens with one attached hydrogen (secondary N) is 3. The third-order valence-corrected chi connectivity index (χ3v) is 3.46. The number of hydrogen-bond acceptors (Lipinski definition) is 2. The number of anilines is 1. The molecule has 1 aromatic rings. The van der Waals surface area contributed by atoms with E-state index < -0.39 is 15.9 Å². The second-order valence-electron chi connectivity index (χ2n) is 4.14. The van der Waals surface area contributed by atoms with E-state index in [2.05, 4.69) is 16.0 Å². The van der Waals surface area contributed by atoms with E-state index >= 15 is 0 Å². The molecule has 0 heterocycles. The lowest BCUT2D eigenvalue weighted by molar-refractivity contribution is -0.119. The van der Waals surface area contributed by atoms with Crippen LogP contribution in [0.1, 0.15) is 5.56 Å². The van der Waals surface area contributed by atoms with Crippen LogP contribution < -0.4 is 16.0 Å². The molecule has 0 bridgehead atoms. The number of amides is 1. The minimum atomic E-state index is -1.79. The first-order chi connectivity index (χ1) is 9.72. The molecule has 9 heteroatoms. The summed E-state index contributed by atoms with van der Waals surface area (Å²) in [6.45, 7) is 1.97. The van der Waals surface area contributed by atoms with Crippen LogP contribution in [0.25, 0.3) is 0 Å². The lowest BCUT2D eigenvalue weighted by atomic mass is 10.2. The van der Waals surface area contributed by atoms with Gasteiger partial charge in [0, 0.05) is 5.69 Å². The number of aryl methyl sites for hydroxylation is 1. The van der Waals surface area contributed by atoms with Crippen LogP contribution in [0.4, 0.5) is 5.69 Å². The van der Waals surface area contributed by atoms with Gasteiger partial charge in [-0.2, -0.15) is 0 Å². The topological polar surface area (TPSA) is 53.2 Å². The summed E-state index contributed by atoms with van der Waals surface area (Å²) in [7, 11) is 0. The summed E-state index contributed by atoms with van der Waals surface area (Å²) in [5.41, 5.74) is 1.89. The molecule has 0 aromatic heterocycles. The maximum absolute atomic E-state index is 11.3. The fourth-order valence-electron chi connectivity index (χ4n) is 1.33. The Morgan fingerprint density at radius 1 is 1.24 bits per heavy atom. The van der Waals surface area contributed by atoms with Crippen molar-refractivity contribution in [2.75, 3.05) is 11.2 Å². The second kappa shape index (κ2) is 8.25. The zero-order chi connectivity index (χ0) is 16.0. The van der Waals surface area contributed by atoms with Gasteiger partial charge in [-0.3, -0.25) is 4.79 Å². The van der Waals surface area contributed by atoms with Crippen molar-refractivity contribution in [2.24, 2.45) is 0 Å². The molecule has 0 aliphatic rings. The maximum Gasteiger partial charge on any atom is 0.236 e. The van der Waals surface area contributed by atoms with Crippen molar-refractivity contribution in [3.63, 3.8) is 0 Å². The zero-order valence-corrected chi connectivity index (χ0v) is 14.8. The van der Waals surface area contributed by atoms with Gasteiger partial charge in [0.05, 0.1) is 0 Å². The molecule has 0 unspecified atom stereocenters. The number of benzene rings is 1. The first-order valence-electron chi connectivity index (χ1n) is 5.78. The predicted octanol–water partition coefficient (Wildman–Crippen LogP) is 3.33. The van der Waals surface area contributed by atoms with Crippen LogP contribution in [0.5, 0.6) is 0 Å². The van der Waals surface area contributed by atoms with Crippen LogP contribution in [0.2, 0.25) is 0 Å². The number of carbonyl (C=O) groups is 1. The van der Waals surface area contributed by atoms with Gasteiger partial charge >= 0.3 is 0 Å². The summed E-state index contributed by atoms with van der Waals surface area (Å²) in [6, 6.07) is 7.55. The quantitative estimate of drug-likeness (QED) is 0.420. The van der Waals surface area contributed by atoms with E-state index in [0.717, 1.165) is 11.3 Å². The fraction of sp³-hybridized carbons (Fsp3) is 0.333. The molecule has 1 aromatic carbocycles. The lowest BCUT2D eigenvalue weighted by Crippen LogP contribution is -2.56. The molecule has 1 atom stereocenters. The van der Waals surface area contributed by atoms with E-state index in [0.29, 0.717) is 0 Å². The smallest absolute Gasteiger partial charge is 0.236 e. The van der Waals surface area contributed by atoms with E-state index in [9.17, 15) is 4.79 Å². The number of carbonyl (C=O) groups excluding carboxylic acids is 1. The molecule has 1 amide bonds. The SMILES string of the molecule is Cc1ccc(NC(=S)N[C@@H](NC(=O)CCl)C(Cl)(Cl)Cl)cc1. The highest BCUT2D eigenvalue weighted by atomic mass is 35.6. The molecule has 0 radical (unpaired) electrons. The Bertz CT molecular complexity index is 504. The van der Waals surface area contributed by atoms with E-state index in [1.807, 2.05) is 31.2 Å². The maximum atomic E-state index is 11.3. The predicted molar refractivity (Wildman–Crippen MR) is 93.5 cm³/mol. The minimum absolute atomic E-state index is 0.199. The molecule has 0 aliphatic carbocycles. The molecule has 21 heavy (non-hydrogen) atoms. The van der Waals surface area contributed by atoms with Gasteiger partial charge < -0.3 is 16.0 Å². The summed E-state index contributed by atoms with van der Waals surface area (Å²) in [5, 5.41) is 8.27. The Balaban J connectivity index is 2.67. The second-order valence-corrected chi connectivity index (χ2v) is 7.18. The third-order valence-electron chi connectivity index (χ3n) is 2.34. The Morgan fingerprint density at radius 3 is 2.29 bits per heavy atom. The van der Waals surface area contributed by atoms with Gasteiger partial charge in [-0.1, -0.05) is 52.5 Å². The number of alkyl halides is 4. The summed E-state index contributed by atoms with van der Waals surface area (Å²) < 4.78 is -1.79. The Labute approximate surface area is 148 Å². The Hall–Kier alpha value is -0.460. The third kappa shape index (κ3) is 6.89. The van der Waals surface area contributed by atoms with Crippen molar-refractivity contribution in [1.29, 1.82) is 0 Å². The van der Waals surface area contributed by atoms with E-state index in [1.54, 1.807) is 0 Å². The summed E-state index contributed by atoms with van der Waals surface area (Å²) >= 11 is 27.9. The standard InChI is InChI=1S/C12H13Cl4N3OS/c1-7-2-4-8(5-3-7)17-11(21)19-10(12(14,15)16)18-9(20)6-13/h2-5,10H,6H2,1H3,(H,18,20)(H2,17,19,21)/t10-/m1/s1. The number of hydrogen-bond donors (Lipinski definition) is 3. The van der Waals surface area contributed by atoms with Crippen molar-refractivity contribution < 1.29 is 4.79 Å². The van der Waals surface area contributed by atoms with Crippen LogP contribution in [0.3, 0.4) is 0 Å². The van der Waals surface area contributed by atoms with E-state index in [-0.39, 0.29) is 11.0 Å². The van der Waals surface area contributed by atoms with Crippen LogP contribution >= 0.6 is 58.6 Å². The molecule has 116 valence electrons. The molecule has 4 nitrogen and oxygen atoms in total. The van der Waals surface area contributed by atoms with Gasteiger partial charge in [-0.25, -0.2) is 0 Å². The summed E-state index contributed by atoms with van der Waals surface area (Å²) in [6.07, 6.45) is -1.01. The van der Waals surface area contributed by atoms with Gasteiger partial charge in [0.25, 0.3) is 0 Å². The molecular weight excluding hydrogens is 376 g/mol. The van der Waals surface area contributed by atoms with E-state index in [1.165, 1.54) is 0 Å². The van der Waals surface area contributed by atoms with Crippen LogP contribution in [0.15, 0.2) is 24.3 Å². The van der Waals surface area contributed by atoms with Gasteiger partial charge in [0.2, 0.25) is 9.70 Å².